The summed E-state index contributed by atoms with van der Waals surface area (Å²) in [4.78, 5) is 35.8. The van der Waals surface area contributed by atoms with Crippen LogP contribution in [-0.2, 0) is 19.1 Å². The molecule has 4 N–H and O–H groups in total. The lowest BCUT2D eigenvalue weighted by molar-refractivity contribution is -0.152. The van der Waals surface area contributed by atoms with Crippen LogP contribution in [0.4, 0.5) is 0 Å². The Balaban J connectivity index is 2.63. The second kappa shape index (κ2) is 7.81. The number of amides is 2. The van der Waals surface area contributed by atoms with Crippen molar-refractivity contribution in [3.8, 4) is 0 Å². The van der Waals surface area contributed by atoms with Gasteiger partial charge in [0.2, 0.25) is 11.8 Å². The third-order valence-corrected chi connectivity index (χ3v) is 3.21. The van der Waals surface area contributed by atoms with E-state index in [2.05, 4.69) is 5.32 Å². The molecule has 2 amide bonds. The first-order valence-electron chi connectivity index (χ1n) is 6.50. The quantitative estimate of drug-likeness (QED) is 0.549. The third-order valence-electron chi connectivity index (χ3n) is 3.21. The van der Waals surface area contributed by atoms with Crippen molar-refractivity contribution in [3.63, 3.8) is 0 Å². The lowest BCUT2D eigenvalue weighted by atomic mass is 9.96. The van der Waals surface area contributed by atoms with Crippen molar-refractivity contribution in [2.24, 2.45) is 5.73 Å². The molecule has 2 unspecified atom stereocenters. The highest BCUT2D eigenvalue weighted by Gasteiger charge is 2.36. The molecule has 2 atom stereocenters. The Labute approximate surface area is 117 Å². The molecule has 0 radical (unpaired) electrons. The molecule has 1 aliphatic rings. The number of hydrogen-bond donors (Lipinski definition) is 3. The number of nitrogens with one attached hydrogen (secondary N) is 1. The van der Waals surface area contributed by atoms with Gasteiger partial charge in [-0.15, -0.1) is 0 Å². The van der Waals surface area contributed by atoms with Crippen LogP contribution in [0.3, 0.4) is 0 Å². The highest BCUT2D eigenvalue weighted by Crippen LogP contribution is 2.19. The van der Waals surface area contributed by atoms with Crippen molar-refractivity contribution >= 4 is 17.8 Å². The number of rotatable bonds is 6. The number of nitrogens with two attached hydrogens (primary N) is 1. The van der Waals surface area contributed by atoms with Crippen LogP contribution in [0.25, 0.3) is 0 Å². The number of piperidine rings is 1. The zero-order chi connectivity index (χ0) is 15.1. The molecule has 8 nitrogen and oxygen atoms in total. The van der Waals surface area contributed by atoms with Gasteiger partial charge in [0, 0.05) is 32.7 Å². The van der Waals surface area contributed by atoms with Crippen LogP contribution in [0, 0.1) is 0 Å². The van der Waals surface area contributed by atoms with Crippen molar-refractivity contribution in [1.82, 2.24) is 10.2 Å². The molecule has 114 valence electrons. The standard InChI is InChI=1S/C12H21N3O5/c1-20-7-10(16)14-8-3-5-15(11(17)2-4-13)9(6-8)12(18)19/h8-9H,2-7,13H2,1H3,(H,14,16)(H,18,19). The number of likely N-dealkylation sites (tertiary alicyclic amines) is 1. The number of nitrogens with zero attached hydrogens (tertiary/aromatic N) is 1. The summed E-state index contributed by atoms with van der Waals surface area (Å²) in [6, 6.07) is -1.18. The van der Waals surface area contributed by atoms with E-state index in [1.54, 1.807) is 0 Å². The molecule has 1 rings (SSSR count). The molecule has 0 aromatic heterocycles. The lowest BCUT2D eigenvalue weighted by Crippen LogP contribution is -2.55. The molecule has 0 bridgehead atoms. The van der Waals surface area contributed by atoms with Crippen molar-refractivity contribution < 1.29 is 24.2 Å². The molecular formula is C12H21N3O5. The maximum absolute atomic E-state index is 11.8. The van der Waals surface area contributed by atoms with Crippen LogP contribution in [-0.4, -0.2) is 66.7 Å². The lowest BCUT2D eigenvalue weighted by Gasteiger charge is -2.37. The third kappa shape index (κ3) is 4.46. The summed E-state index contributed by atoms with van der Waals surface area (Å²) in [5.41, 5.74) is 5.32. The highest BCUT2D eigenvalue weighted by molar-refractivity contribution is 5.84. The van der Waals surface area contributed by atoms with Gasteiger partial charge in [-0.2, -0.15) is 0 Å². The fourth-order valence-corrected chi connectivity index (χ4v) is 2.30. The number of hydrogen-bond acceptors (Lipinski definition) is 5. The second-order valence-electron chi connectivity index (χ2n) is 4.70. The number of carboxylic acid groups (broad SMARTS) is 1. The molecule has 20 heavy (non-hydrogen) atoms. The minimum atomic E-state index is -1.07. The first-order chi connectivity index (χ1) is 9.49. The average molecular weight is 287 g/mol. The van der Waals surface area contributed by atoms with Gasteiger partial charge in [-0.25, -0.2) is 4.79 Å². The SMILES string of the molecule is COCC(=O)NC1CCN(C(=O)CCN)C(C(=O)O)C1. The van der Waals surface area contributed by atoms with Crippen molar-refractivity contribution in [3.05, 3.63) is 0 Å². The van der Waals surface area contributed by atoms with E-state index in [1.807, 2.05) is 0 Å². The molecule has 0 spiro atoms. The fourth-order valence-electron chi connectivity index (χ4n) is 2.30. The van der Waals surface area contributed by atoms with E-state index in [0.717, 1.165) is 0 Å². The van der Waals surface area contributed by atoms with Crippen LogP contribution in [0.15, 0.2) is 0 Å². The molecule has 1 heterocycles. The number of carboxylic acids is 1. The summed E-state index contributed by atoms with van der Waals surface area (Å²) in [5, 5.41) is 11.9. The zero-order valence-corrected chi connectivity index (χ0v) is 11.5. The molecule has 0 aliphatic carbocycles. The van der Waals surface area contributed by atoms with Gasteiger partial charge >= 0.3 is 5.97 Å². The van der Waals surface area contributed by atoms with E-state index in [0.29, 0.717) is 13.0 Å². The van der Waals surface area contributed by atoms with Gasteiger partial charge in [-0.05, 0) is 12.8 Å². The van der Waals surface area contributed by atoms with Gasteiger partial charge in [-0.1, -0.05) is 0 Å². The minimum absolute atomic E-state index is 0.0654. The summed E-state index contributed by atoms with van der Waals surface area (Å²) in [7, 11) is 1.41. The summed E-state index contributed by atoms with van der Waals surface area (Å²) < 4.78 is 4.70. The largest absolute Gasteiger partial charge is 0.480 e. The smallest absolute Gasteiger partial charge is 0.326 e. The second-order valence-corrected chi connectivity index (χ2v) is 4.70. The monoisotopic (exact) mass is 287 g/mol. The summed E-state index contributed by atoms with van der Waals surface area (Å²) in [6.45, 7) is 0.424. The van der Waals surface area contributed by atoms with Crippen LogP contribution >= 0.6 is 0 Å². The first kappa shape index (κ1) is 16.4. The Bertz CT molecular complexity index is 374. The Morgan fingerprint density at radius 3 is 2.70 bits per heavy atom. The Kier molecular flexibility index (Phi) is 6.40. The van der Waals surface area contributed by atoms with E-state index in [4.69, 9.17) is 10.5 Å². The van der Waals surface area contributed by atoms with Crippen molar-refractivity contribution in [2.75, 3.05) is 26.8 Å². The van der Waals surface area contributed by atoms with E-state index >= 15 is 0 Å². The van der Waals surface area contributed by atoms with E-state index in [-0.39, 0.29) is 43.8 Å². The van der Waals surface area contributed by atoms with Gasteiger partial charge in [0.05, 0.1) is 0 Å². The number of aliphatic carboxylic acids is 1. The molecule has 0 saturated carbocycles. The van der Waals surface area contributed by atoms with Gasteiger partial charge in [0.15, 0.2) is 0 Å². The van der Waals surface area contributed by atoms with Crippen LogP contribution in [0.2, 0.25) is 0 Å². The first-order valence-corrected chi connectivity index (χ1v) is 6.50. The maximum atomic E-state index is 11.8. The molecule has 0 aromatic carbocycles. The van der Waals surface area contributed by atoms with E-state index in [1.165, 1.54) is 12.0 Å². The number of carbonyl (C=O) groups excluding carboxylic acids is 2. The Hall–Kier alpha value is -1.67. The maximum Gasteiger partial charge on any atom is 0.326 e. The number of methoxy groups -OCH3 is 1. The Morgan fingerprint density at radius 2 is 2.15 bits per heavy atom. The summed E-state index contributed by atoms with van der Waals surface area (Å²) >= 11 is 0. The van der Waals surface area contributed by atoms with Crippen LogP contribution in [0.5, 0.6) is 0 Å². The predicted octanol–water partition coefficient (Wildman–Crippen LogP) is -1.46. The zero-order valence-electron chi connectivity index (χ0n) is 11.5. The van der Waals surface area contributed by atoms with Gasteiger partial charge in [0.25, 0.3) is 0 Å². The Morgan fingerprint density at radius 1 is 1.45 bits per heavy atom. The number of ether oxygens (including phenoxy) is 1. The van der Waals surface area contributed by atoms with E-state index < -0.39 is 12.0 Å². The highest BCUT2D eigenvalue weighted by atomic mass is 16.5. The minimum Gasteiger partial charge on any atom is -0.480 e. The van der Waals surface area contributed by atoms with Crippen molar-refractivity contribution in [1.29, 1.82) is 0 Å². The number of carbonyl (C=O) groups is 3. The van der Waals surface area contributed by atoms with Gasteiger partial charge in [0.1, 0.15) is 12.6 Å². The topological polar surface area (TPSA) is 122 Å². The molecular weight excluding hydrogens is 266 g/mol. The van der Waals surface area contributed by atoms with Gasteiger partial charge in [-0.3, -0.25) is 9.59 Å². The van der Waals surface area contributed by atoms with Crippen LogP contribution < -0.4 is 11.1 Å². The summed E-state index contributed by atoms with van der Waals surface area (Å²) in [5.74, 6) is -1.62. The summed E-state index contributed by atoms with van der Waals surface area (Å²) in [6.07, 6.45) is 0.848. The molecule has 1 fully saturated rings. The molecule has 0 aromatic rings. The van der Waals surface area contributed by atoms with E-state index in [9.17, 15) is 19.5 Å². The molecule has 1 saturated heterocycles. The average Bonchev–Trinajstić information content (AvgIpc) is 2.39. The molecule has 8 heteroatoms. The van der Waals surface area contributed by atoms with Crippen LogP contribution in [0.1, 0.15) is 19.3 Å². The van der Waals surface area contributed by atoms with Gasteiger partial charge < -0.3 is 25.8 Å². The predicted molar refractivity (Wildman–Crippen MR) is 69.8 cm³/mol. The molecule has 1 aliphatic heterocycles. The normalized spacial score (nSPS) is 22.4. The van der Waals surface area contributed by atoms with Crippen molar-refractivity contribution in [2.45, 2.75) is 31.3 Å². The fraction of sp³-hybridized carbons (Fsp3) is 0.750.